The molecule has 3 nitrogen and oxygen atoms in total. The zero-order valence-electron chi connectivity index (χ0n) is 8.32. The number of aliphatic hydroxyl groups is 1. The van der Waals surface area contributed by atoms with Crippen molar-refractivity contribution in [2.75, 3.05) is 6.61 Å². The summed E-state index contributed by atoms with van der Waals surface area (Å²) in [6, 6.07) is 4.62. The Morgan fingerprint density at radius 2 is 2.07 bits per heavy atom. The van der Waals surface area contributed by atoms with Gasteiger partial charge in [0, 0.05) is 5.56 Å². The maximum absolute atomic E-state index is 11.2. The molecule has 14 heavy (non-hydrogen) atoms. The van der Waals surface area contributed by atoms with Crippen LogP contribution in [0.15, 0.2) is 18.2 Å². The molecule has 2 N–H and O–H groups in total. The van der Waals surface area contributed by atoms with Crippen molar-refractivity contribution < 1.29 is 15.0 Å². The molecule has 0 radical (unpaired) electrons. The maximum atomic E-state index is 11.2. The van der Waals surface area contributed by atoms with E-state index in [1.165, 1.54) is 12.1 Å². The molecule has 0 unspecified atom stereocenters. The quantitative estimate of drug-likeness (QED) is 0.720. The molecule has 76 valence electrons. The van der Waals surface area contributed by atoms with Crippen LogP contribution in [0.25, 0.3) is 0 Å². The van der Waals surface area contributed by atoms with Gasteiger partial charge in [0.15, 0.2) is 5.78 Å². The number of phenols is 1. The molecule has 1 aromatic carbocycles. The molecule has 0 saturated carbocycles. The number of phenolic OH excluding ortho intramolecular Hbond substituents is 1. The van der Waals surface area contributed by atoms with Crippen LogP contribution in [-0.2, 0) is 0 Å². The van der Waals surface area contributed by atoms with Gasteiger partial charge in [0.25, 0.3) is 0 Å². The van der Waals surface area contributed by atoms with Crippen molar-refractivity contribution in [3.05, 3.63) is 29.3 Å². The first-order valence-corrected chi connectivity index (χ1v) is 4.53. The number of hydrogen-bond acceptors (Lipinski definition) is 3. The molecule has 1 aromatic rings. The monoisotopic (exact) mass is 194 g/mol. The molecule has 0 amide bonds. The fourth-order valence-corrected chi connectivity index (χ4v) is 1.28. The van der Waals surface area contributed by atoms with Gasteiger partial charge in [0.05, 0.1) is 0 Å². The molecule has 0 saturated heterocycles. The van der Waals surface area contributed by atoms with Crippen LogP contribution in [0.3, 0.4) is 0 Å². The Morgan fingerprint density at radius 3 is 2.57 bits per heavy atom. The van der Waals surface area contributed by atoms with E-state index in [-0.39, 0.29) is 17.5 Å². The SMILES string of the molecule is CC(C)c1cc(C(=O)CO)ccc1O. The Kier molecular flexibility index (Phi) is 3.25. The zero-order valence-corrected chi connectivity index (χ0v) is 8.32. The first kappa shape index (κ1) is 10.7. The summed E-state index contributed by atoms with van der Waals surface area (Å²) in [6.07, 6.45) is 0. The van der Waals surface area contributed by atoms with Crippen LogP contribution in [0.4, 0.5) is 0 Å². The van der Waals surface area contributed by atoms with Crippen LogP contribution in [0.5, 0.6) is 5.75 Å². The van der Waals surface area contributed by atoms with Gasteiger partial charge in [0.1, 0.15) is 12.4 Å². The second-order valence-corrected chi connectivity index (χ2v) is 3.51. The van der Waals surface area contributed by atoms with Crippen molar-refractivity contribution in [1.29, 1.82) is 0 Å². The minimum atomic E-state index is -0.498. The van der Waals surface area contributed by atoms with Crippen LogP contribution in [-0.4, -0.2) is 22.6 Å². The first-order chi connectivity index (χ1) is 6.56. The van der Waals surface area contributed by atoms with Crippen LogP contribution in [0.1, 0.15) is 35.7 Å². The van der Waals surface area contributed by atoms with Gasteiger partial charge >= 0.3 is 0 Å². The van der Waals surface area contributed by atoms with Gasteiger partial charge in [-0.1, -0.05) is 13.8 Å². The number of ketones is 1. The minimum absolute atomic E-state index is 0.154. The van der Waals surface area contributed by atoms with Crippen LogP contribution in [0.2, 0.25) is 0 Å². The molecule has 0 bridgehead atoms. The van der Waals surface area contributed by atoms with Gasteiger partial charge in [-0.2, -0.15) is 0 Å². The lowest BCUT2D eigenvalue weighted by Gasteiger charge is -2.09. The number of aromatic hydroxyl groups is 1. The highest BCUT2D eigenvalue weighted by molar-refractivity contribution is 5.97. The van der Waals surface area contributed by atoms with Crippen molar-refractivity contribution >= 4 is 5.78 Å². The summed E-state index contributed by atoms with van der Waals surface area (Å²) in [5, 5.41) is 18.2. The van der Waals surface area contributed by atoms with Crippen molar-refractivity contribution in [2.45, 2.75) is 19.8 Å². The highest BCUT2D eigenvalue weighted by Crippen LogP contribution is 2.26. The normalized spacial score (nSPS) is 10.6. The third kappa shape index (κ3) is 2.12. The van der Waals surface area contributed by atoms with E-state index < -0.39 is 6.61 Å². The number of benzene rings is 1. The first-order valence-electron chi connectivity index (χ1n) is 4.53. The van der Waals surface area contributed by atoms with Gasteiger partial charge < -0.3 is 10.2 Å². The summed E-state index contributed by atoms with van der Waals surface area (Å²) >= 11 is 0. The van der Waals surface area contributed by atoms with Crippen molar-refractivity contribution in [2.24, 2.45) is 0 Å². The zero-order chi connectivity index (χ0) is 10.7. The average molecular weight is 194 g/mol. The molecule has 0 heterocycles. The number of carbonyl (C=O) groups is 1. The predicted octanol–water partition coefficient (Wildman–Crippen LogP) is 1.69. The van der Waals surface area contributed by atoms with Crippen molar-refractivity contribution in [3.8, 4) is 5.75 Å². The standard InChI is InChI=1S/C11H14O3/c1-7(2)9-5-8(11(14)6-12)3-4-10(9)13/h3-5,7,12-13H,6H2,1-2H3. The Morgan fingerprint density at radius 1 is 1.43 bits per heavy atom. The molecular weight excluding hydrogens is 180 g/mol. The van der Waals surface area contributed by atoms with Crippen LogP contribution < -0.4 is 0 Å². The van der Waals surface area contributed by atoms with Gasteiger partial charge in [-0.3, -0.25) is 4.79 Å². The molecular formula is C11H14O3. The summed E-state index contributed by atoms with van der Waals surface area (Å²) in [5.74, 6) is 0.0165. The van der Waals surface area contributed by atoms with E-state index in [1.807, 2.05) is 13.8 Å². The molecule has 0 aliphatic carbocycles. The third-order valence-electron chi connectivity index (χ3n) is 2.12. The van der Waals surface area contributed by atoms with E-state index in [0.717, 1.165) is 5.56 Å². The molecule has 0 aliphatic heterocycles. The summed E-state index contributed by atoms with van der Waals surface area (Å²) in [4.78, 5) is 11.2. The molecule has 0 aliphatic rings. The summed E-state index contributed by atoms with van der Waals surface area (Å²) in [7, 11) is 0. The number of Topliss-reactive ketones (excluding diaryl/α,β-unsaturated/α-hetero) is 1. The fraction of sp³-hybridized carbons (Fsp3) is 0.364. The van der Waals surface area contributed by atoms with Gasteiger partial charge in [0.2, 0.25) is 0 Å². The molecule has 3 heteroatoms. The number of rotatable bonds is 3. The summed E-state index contributed by atoms with van der Waals surface area (Å²) < 4.78 is 0. The molecule has 1 rings (SSSR count). The lowest BCUT2D eigenvalue weighted by molar-refractivity contribution is 0.0903. The van der Waals surface area contributed by atoms with Gasteiger partial charge in [-0.15, -0.1) is 0 Å². The van der Waals surface area contributed by atoms with E-state index >= 15 is 0 Å². The van der Waals surface area contributed by atoms with Crippen molar-refractivity contribution in [1.82, 2.24) is 0 Å². The fourth-order valence-electron chi connectivity index (χ4n) is 1.28. The van der Waals surface area contributed by atoms with E-state index in [0.29, 0.717) is 5.56 Å². The van der Waals surface area contributed by atoms with E-state index in [2.05, 4.69) is 0 Å². The van der Waals surface area contributed by atoms with E-state index in [1.54, 1.807) is 6.07 Å². The smallest absolute Gasteiger partial charge is 0.188 e. The highest BCUT2D eigenvalue weighted by Gasteiger charge is 2.10. The molecule has 0 spiro atoms. The Bertz CT molecular complexity index is 342. The second-order valence-electron chi connectivity index (χ2n) is 3.51. The van der Waals surface area contributed by atoms with Crippen molar-refractivity contribution in [3.63, 3.8) is 0 Å². The van der Waals surface area contributed by atoms with E-state index in [4.69, 9.17) is 5.11 Å². The highest BCUT2D eigenvalue weighted by atomic mass is 16.3. The van der Waals surface area contributed by atoms with E-state index in [9.17, 15) is 9.90 Å². The minimum Gasteiger partial charge on any atom is -0.508 e. The van der Waals surface area contributed by atoms with Crippen LogP contribution in [0, 0.1) is 0 Å². The molecule has 0 atom stereocenters. The lowest BCUT2D eigenvalue weighted by atomic mass is 9.98. The molecule has 0 aromatic heterocycles. The number of carbonyl (C=O) groups excluding carboxylic acids is 1. The third-order valence-corrected chi connectivity index (χ3v) is 2.12. The largest absolute Gasteiger partial charge is 0.508 e. The Labute approximate surface area is 83.0 Å². The number of aliphatic hydroxyl groups excluding tert-OH is 1. The molecule has 0 fully saturated rings. The maximum Gasteiger partial charge on any atom is 0.188 e. The summed E-state index contributed by atoms with van der Waals surface area (Å²) in [5.41, 5.74) is 1.17. The number of hydrogen-bond donors (Lipinski definition) is 2. The second kappa shape index (κ2) is 4.24. The summed E-state index contributed by atoms with van der Waals surface area (Å²) in [6.45, 7) is 3.37. The predicted molar refractivity (Wildman–Crippen MR) is 53.6 cm³/mol. The van der Waals surface area contributed by atoms with Gasteiger partial charge in [-0.25, -0.2) is 0 Å². The average Bonchev–Trinajstić information content (AvgIpc) is 2.17. The topological polar surface area (TPSA) is 57.5 Å². The van der Waals surface area contributed by atoms with Gasteiger partial charge in [-0.05, 0) is 29.7 Å². The Hall–Kier alpha value is -1.35. The Balaban J connectivity index is 3.13. The van der Waals surface area contributed by atoms with Crippen LogP contribution >= 0.6 is 0 Å². The lowest BCUT2D eigenvalue weighted by Crippen LogP contribution is -2.05.